The van der Waals surface area contributed by atoms with Gasteiger partial charge in [0.15, 0.2) is 0 Å². The van der Waals surface area contributed by atoms with Gasteiger partial charge in [0.25, 0.3) is 0 Å². The zero-order chi connectivity index (χ0) is 15.3. The monoisotopic (exact) mass is 303 g/mol. The number of rotatable bonds is 6. The molecule has 0 amide bonds. The van der Waals surface area contributed by atoms with E-state index in [-0.39, 0.29) is 5.75 Å². The Kier molecular flexibility index (Phi) is 5.02. The van der Waals surface area contributed by atoms with Gasteiger partial charge < -0.3 is 0 Å². The Bertz CT molecular complexity index is 694. The van der Waals surface area contributed by atoms with Crippen LogP contribution in [0.3, 0.4) is 0 Å². The lowest BCUT2D eigenvalue weighted by atomic mass is 10.1. The average molecular weight is 303 g/mol. The van der Waals surface area contributed by atoms with Crippen molar-refractivity contribution in [2.45, 2.75) is 26.7 Å². The van der Waals surface area contributed by atoms with Crippen LogP contribution in [0.4, 0.5) is 5.69 Å². The second-order valence-electron chi connectivity index (χ2n) is 5.15. The van der Waals surface area contributed by atoms with Crippen LogP contribution in [0.15, 0.2) is 48.5 Å². The molecular weight excluding hydrogens is 282 g/mol. The van der Waals surface area contributed by atoms with E-state index < -0.39 is 10.0 Å². The molecule has 2 rings (SSSR count). The Balaban J connectivity index is 2.02. The Morgan fingerprint density at radius 3 is 2.38 bits per heavy atom. The molecule has 0 fully saturated rings. The third-order valence-electron chi connectivity index (χ3n) is 3.50. The van der Waals surface area contributed by atoms with Crippen molar-refractivity contribution < 1.29 is 8.42 Å². The third kappa shape index (κ3) is 4.60. The average Bonchev–Trinajstić information content (AvgIpc) is 2.46. The summed E-state index contributed by atoms with van der Waals surface area (Å²) in [5.41, 5.74) is 4.01. The largest absolute Gasteiger partial charge is 0.284 e. The molecule has 2 aromatic carbocycles. The fourth-order valence-electron chi connectivity index (χ4n) is 2.28. The smallest absolute Gasteiger partial charge is 0.233 e. The molecule has 0 radical (unpaired) electrons. The molecule has 0 aromatic heterocycles. The topological polar surface area (TPSA) is 46.2 Å². The first-order valence-electron chi connectivity index (χ1n) is 7.14. The fourth-order valence-corrected chi connectivity index (χ4v) is 3.38. The minimum atomic E-state index is -3.32. The number of benzene rings is 2. The van der Waals surface area contributed by atoms with Crippen LogP contribution in [-0.4, -0.2) is 14.2 Å². The maximum Gasteiger partial charge on any atom is 0.233 e. The van der Waals surface area contributed by atoms with Crippen molar-refractivity contribution >= 4 is 15.7 Å². The second kappa shape index (κ2) is 6.76. The standard InChI is InChI=1S/C17H21NO2S/c1-3-16-9-10-17(13-14(16)2)18-21(19,20)12-11-15-7-5-4-6-8-15/h4-10,13,18H,3,11-12H2,1-2H3. The van der Waals surface area contributed by atoms with E-state index in [9.17, 15) is 8.42 Å². The van der Waals surface area contributed by atoms with E-state index >= 15 is 0 Å². The van der Waals surface area contributed by atoms with E-state index in [1.165, 1.54) is 5.56 Å². The zero-order valence-electron chi connectivity index (χ0n) is 12.5. The highest BCUT2D eigenvalue weighted by molar-refractivity contribution is 7.92. The van der Waals surface area contributed by atoms with E-state index in [0.29, 0.717) is 12.1 Å². The highest BCUT2D eigenvalue weighted by Crippen LogP contribution is 2.17. The van der Waals surface area contributed by atoms with E-state index in [0.717, 1.165) is 17.5 Å². The predicted molar refractivity (Wildman–Crippen MR) is 88.1 cm³/mol. The fraction of sp³-hybridized carbons (Fsp3) is 0.294. The summed E-state index contributed by atoms with van der Waals surface area (Å²) in [5.74, 6) is 0.0889. The highest BCUT2D eigenvalue weighted by atomic mass is 32.2. The molecule has 112 valence electrons. The van der Waals surface area contributed by atoms with Gasteiger partial charge in [0.2, 0.25) is 10.0 Å². The maximum atomic E-state index is 12.1. The number of sulfonamides is 1. The normalized spacial score (nSPS) is 11.3. The van der Waals surface area contributed by atoms with Gasteiger partial charge in [-0.1, -0.05) is 43.3 Å². The summed E-state index contributed by atoms with van der Waals surface area (Å²) in [6.45, 7) is 4.09. The first-order valence-corrected chi connectivity index (χ1v) is 8.79. The first-order chi connectivity index (χ1) is 10.00. The van der Waals surface area contributed by atoms with Gasteiger partial charge in [-0.2, -0.15) is 0 Å². The molecule has 2 aromatic rings. The van der Waals surface area contributed by atoms with Crippen LogP contribution < -0.4 is 4.72 Å². The molecule has 0 atom stereocenters. The number of aryl methyl sites for hydroxylation is 3. The Morgan fingerprint density at radius 1 is 1.05 bits per heavy atom. The summed E-state index contributed by atoms with van der Waals surface area (Å²) in [5, 5.41) is 0. The van der Waals surface area contributed by atoms with Crippen molar-refractivity contribution in [3.63, 3.8) is 0 Å². The summed E-state index contributed by atoms with van der Waals surface area (Å²) < 4.78 is 26.9. The second-order valence-corrected chi connectivity index (χ2v) is 6.99. The van der Waals surface area contributed by atoms with E-state index in [4.69, 9.17) is 0 Å². The van der Waals surface area contributed by atoms with Crippen LogP contribution in [-0.2, 0) is 22.9 Å². The van der Waals surface area contributed by atoms with Crippen LogP contribution >= 0.6 is 0 Å². The van der Waals surface area contributed by atoms with Gasteiger partial charge in [-0.25, -0.2) is 8.42 Å². The van der Waals surface area contributed by atoms with Gasteiger partial charge in [0, 0.05) is 5.69 Å². The van der Waals surface area contributed by atoms with E-state index in [1.807, 2.05) is 55.5 Å². The van der Waals surface area contributed by atoms with Crippen LogP contribution in [0, 0.1) is 6.92 Å². The van der Waals surface area contributed by atoms with E-state index in [1.54, 1.807) is 0 Å². The first kappa shape index (κ1) is 15.6. The molecule has 0 saturated heterocycles. The van der Waals surface area contributed by atoms with E-state index in [2.05, 4.69) is 11.6 Å². The highest BCUT2D eigenvalue weighted by Gasteiger charge is 2.11. The molecule has 0 saturated carbocycles. The van der Waals surface area contributed by atoms with Crippen LogP contribution in [0.2, 0.25) is 0 Å². The quantitative estimate of drug-likeness (QED) is 0.887. The van der Waals surface area contributed by atoms with Crippen molar-refractivity contribution in [2.75, 3.05) is 10.5 Å². The molecule has 0 unspecified atom stereocenters. The molecule has 1 N–H and O–H groups in total. The zero-order valence-corrected chi connectivity index (χ0v) is 13.3. The molecule has 0 heterocycles. The minimum Gasteiger partial charge on any atom is -0.284 e. The molecule has 21 heavy (non-hydrogen) atoms. The van der Waals surface area contributed by atoms with Crippen molar-refractivity contribution in [1.29, 1.82) is 0 Å². The number of nitrogens with one attached hydrogen (secondary N) is 1. The van der Waals surface area contributed by atoms with Gasteiger partial charge in [-0.15, -0.1) is 0 Å². The number of anilines is 1. The molecule has 3 nitrogen and oxygen atoms in total. The Morgan fingerprint density at radius 2 is 1.76 bits per heavy atom. The molecule has 0 aliphatic heterocycles. The molecule has 0 aliphatic rings. The van der Waals surface area contributed by atoms with Gasteiger partial charge in [0.1, 0.15) is 0 Å². The SMILES string of the molecule is CCc1ccc(NS(=O)(=O)CCc2ccccc2)cc1C. The van der Waals surface area contributed by atoms with Crippen molar-refractivity contribution in [2.24, 2.45) is 0 Å². The summed E-state index contributed by atoms with van der Waals surface area (Å²) in [6.07, 6.45) is 1.47. The summed E-state index contributed by atoms with van der Waals surface area (Å²) in [4.78, 5) is 0. The third-order valence-corrected chi connectivity index (χ3v) is 4.79. The molecule has 4 heteroatoms. The number of hydrogen-bond donors (Lipinski definition) is 1. The van der Waals surface area contributed by atoms with Crippen molar-refractivity contribution in [3.8, 4) is 0 Å². The molecule has 0 spiro atoms. The van der Waals surface area contributed by atoms with Gasteiger partial charge in [0.05, 0.1) is 5.75 Å². The Hall–Kier alpha value is -1.81. The van der Waals surface area contributed by atoms with Crippen LogP contribution in [0.25, 0.3) is 0 Å². The minimum absolute atomic E-state index is 0.0889. The summed E-state index contributed by atoms with van der Waals surface area (Å²) in [7, 11) is -3.32. The van der Waals surface area contributed by atoms with Crippen molar-refractivity contribution in [1.82, 2.24) is 0 Å². The lowest BCUT2D eigenvalue weighted by molar-refractivity contribution is 0.600. The maximum absolute atomic E-state index is 12.1. The van der Waals surface area contributed by atoms with Gasteiger partial charge in [-0.3, -0.25) is 4.72 Å². The van der Waals surface area contributed by atoms with Crippen LogP contribution in [0.1, 0.15) is 23.6 Å². The number of hydrogen-bond acceptors (Lipinski definition) is 2. The summed E-state index contributed by atoms with van der Waals surface area (Å²) >= 11 is 0. The molecule has 0 aliphatic carbocycles. The van der Waals surface area contributed by atoms with Crippen LogP contribution in [0.5, 0.6) is 0 Å². The lowest BCUT2D eigenvalue weighted by Crippen LogP contribution is -2.18. The lowest BCUT2D eigenvalue weighted by Gasteiger charge is -2.10. The molecular formula is C17H21NO2S. The molecule has 0 bridgehead atoms. The summed E-state index contributed by atoms with van der Waals surface area (Å²) in [6, 6.07) is 15.3. The van der Waals surface area contributed by atoms with Gasteiger partial charge in [-0.05, 0) is 48.6 Å². The van der Waals surface area contributed by atoms with Gasteiger partial charge >= 0.3 is 0 Å². The predicted octanol–water partition coefficient (Wildman–Crippen LogP) is 3.54. The Labute approximate surface area is 127 Å². The van der Waals surface area contributed by atoms with Crippen molar-refractivity contribution in [3.05, 3.63) is 65.2 Å².